The Bertz CT molecular complexity index is 1510. The number of aromatic nitrogens is 2. The van der Waals surface area contributed by atoms with E-state index in [0.717, 1.165) is 33.5 Å². The average Bonchev–Trinajstić information content (AvgIpc) is 3.25. The van der Waals surface area contributed by atoms with Gasteiger partial charge in [-0.25, -0.2) is 0 Å². The first kappa shape index (κ1) is 19.6. The highest BCUT2D eigenvalue weighted by Crippen LogP contribution is 2.42. The molecular weight excluding hydrogens is 412 g/mol. The Hall–Kier alpha value is -3.08. The topological polar surface area (TPSA) is 37.0 Å². The van der Waals surface area contributed by atoms with Crippen LogP contribution >= 0.6 is 11.3 Å². The second-order valence-corrected chi connectivity index (χ2v) is 10.6. The van der Waals surface area contributed by atoms with Crippen LogP contribution < -0.4 is 4.57 Å². The van der Waals surface area contributed by atoms with Crippen molar-refractivity contribution in [3.63, 3.8) is 0 Å². The molecule has 0 spiro atoms. The molecule has 5 aromatic rings. The molecule has 3 nitrogen and oxygen atoms in total. The van der Waals surface area contributed by atoms with Gasteiger partial charge in [-0.15, -0.1) is 11.3 Å². The lowest BCUT2D eigenvalue weighted by Crippen LogP contribution is -2.42. The van der Waals surface area contributed by atoms with Crippen LogP contribution in [0, 0.1) is 0 Å². The highest BCUT2D eigenvalue weighted by molar-refractivity contribution is 7.17. The van der Waals surface area contributed by atoms with Crippen LogP contribution in [0.1, 0.15) is 38.0 Å². The predicted octanol–water partition coefficient (Wildman–Crippen LogP) is 6.42. The first-order valence-corrected chi connectivity index (χ1v) is 11.9. The van der Waals surface area contributed by atoms with Gasteiger partial charge in [0, 0.05) is 39.5 Å². The fourth-order valence-corrected chi connectivity index (χ4v) is 5.76. The van der Waals surface area contributed by atoms with Crippen LogP contribution in [0.5, 0.6) is 0 Å². The van der Waals surface area contributed by atoms with Crippen LogP contribution in [0.4, 0.5) is 0 Å². The van der Waals surface area contributed by atoms with E-state index in [1.807, 2.05) is 6.20 Å². The quantitative estimate of drug-likeness (QED) is 0.307. The van der Waals surface area contributed by atoms with Gasteiger partial charge in [-0.1, -0.05) is 45.0 Å². The Labute approximate surface area is 191 Å². The molecule has 0 bridgehead atoms. The Balaban J connectivity index is 1.62. The van der Waals surface area contributed by atoms with Gasteiger partial charge in [-0.2, -0.15) is 4.57 Å². The van der Waals surface area contributed by atoms with Crippen molar-refractivity contribution in [1.82, 2.24) is 4.98 Å². The normalized spacial score (nSPS) is 15.7. The molecule has 0 saturated carbocycles. The van der Waals surface area contributed by atoms with Gasteiger partial charge < -0.3 is 5.11 Å². The summed E-state index contributed by atoms with van der Waals surface area (Å²) in [6.45, 7) is 7.32. The summed E-state index contributed by atoms with van der Waals surface area (Å²) in [6, 6.07) is 19.4. The van der Waals surface area contributed by atoms with Gasteiger partial charge in [0.05, 0.1) is 11.3 Å². The van der Waals surface area contributed by atoms with Gasteiger partial charge in [0.2, 0.25) is 5.69 Å². The minimum Gasteiger partial charge on any atom is -0.382 e. The van der Waals surface area contributed by atoms with Crippen LogP contribution in [0.3, 0.4) is 0 Å². The van der Waals surface area contributed by atoms with E-state index in [1.165, 1.54) is 21.0 Å². The molecule has 0 fully saturated rings. The first-order valence-electron chi connectivity index (χ1n) is 11.0. The number of pyridine rings is 2. The molecule has 4 heteroatoms. The number of benzene rings is 2. The van der Waals surface area contributed by atoms with E-state index >= 15 is 0 Å². The summed E-state index contributed by atoms with van der Waals surface area (Å²) in [6.07, 6.45) is 3.51. The zero-order chi connectivity index (χ0) is 22.0. The summed E-state index contributed by atoms with van der Waals surface area (Å²) >= 11 is 1.74. The molecule has 0 radical (unpaired) electrons. The minimum atomic E-state index is -0.534. The molecular formula is C28H25N2OS+. The van der Waals surface area contributed by atoms with Gasteiger partial charge >= 0.3 is 0 Å². The largest absolute Gasteiger partial charge is 0.382 e. The van der Waals surface area contributed by atoms with Crippen LogP contribution in [0.15, 0.2) is 72.4 Å². The maximum Gasteiger partial charge on any atom is 0.213 e. The number of nitrogens with zero attached hydrogens (tertiary/aromatic N) is 2. The number of hydrogen-bond donors (Lipinski definition) is 1. The number of aliphatic hydroxyl groups is 1. The molecule has 158 valence electrons. The highest BCUT2D eigenvalue weighted by atomic mass is 32.1. The SMILES string of the molecule is CC(C)(C)c1cc2c(c3ccccc13)C(O)C[n+]1ccc(-c3cc4sccc4cn3)cc1-2. The maximum absolute atomic E-state index is 11.1. The molecule has 32 heavy (non-hydrogen) atoms. The van der Waals surface area contributed by atoms with Gasteiger partial charge in [0.25, 0.3) is 0 Å². The monoisotopic (exact) mass is 437 g/mol. The second kappa shape index (κ2) is 6.96. The second-order valence-electron chi connectivity index (χ2n) is 9.68. The molecule has 1 unspecified atom stereocenters. The predicted molar refractivity (Wildman–Crippen MR) is 132 cm³/mol. The van der Waals surface area contributed by atoms with Gasteiger partial charge in [-0.05, 0) is 45.3 Å². The minimum absolute atomic E-state index is 0.00869. The molecule has 4 heterocycles. The molecule has 0 aliphatic carbocycles. The number of rotatable bonds is 1. The Kier molecular flexibility index (Phi) is 4.26. The standard InChI is InChI=1S/C28H25N2OS/c1-28(2,3)22-13-21-24-12-17(23-14-26-18(15-29-23)9-11-32-26)8-10-30(24)16-25(31)27(21)20-7-5-4-6-19(20)22/h4-15,25,31H,16H2,1-3H3/q+1. The zero-order valence-corrected chi connectivity index (χ0v) is 19.3. The lowest BCUT2D eigenvalue weighted by atomic mass is 9.79. The molecule has 0 saturated heterocycles. The summed E-state index contributed by atoms with van der Waals surface area (Å²) in [5.74, 6) is 0. The number of hydrogen-bond acceptors (Lipinski definition) is 3. The first-order chi connectivity index (χ1) is 15.4. The Morgan fingerprint density at radius 1 is 1.03 bits per heavy atom. The number of aliphatic hydroxyl groups excluding tert-OH is 1. The van der Waals surface area contributed by atoms with E-state index in [0.29, 0.717) is 6.54 Å². The number of thiophene rings is 1. The van der Waals surface area contributed by atoms with Crippen molar-refractivity contribution in [3.8, 4) is 22.5 Å². The van der Waals surface area contributed by atoms with E-state index < -0.39 is 6.10 Å². The van der Waals surface area contributed by atoms with E-state index in [4.69, 9.17) is 4.98 Å². The van der Waals surface area contributed by atoms with Crippen molar-refractivity contribution < 1.29 is 9.67 Å². The van der Waals surface area contributed by atoms with Crippen LogP contribution in [-0.2, 0) is 12.0 Å². The summed E-state index contributed by atoms with van der Waals surface area (Å²) < 4.78 is 3.42. The fraction of sp³-hybridized carbons (Fsp3) is 0.214. The van der Waals surface area contributed by atoms with Crippen LogP contribution in [-0.4, -0.2) is 10.1 Å². The molecule has 1 aliphatic rings. The highest BCUT2D eigenvalue weighted by Gasteiger charge is 2.33. The fourth-order valence-electron chi connectivity index (χ4n) is 4.96. The van der Waals surface area contributed by atoms with E-state index in [-0.39, 0.29) is 5.41 Å². The van der Waals surface area contributed by atoms with Crippen molar-refractivity contribution in [2.24, 2.45) is 0 Å². The third kappa shape index (κ3) is 2.98. The third-order valence-electron chi connectivity index (χ3n) is 6.54. The molecule has 1 atom stereocenters. The lowest BCUT2D eigenvalue weighted by molar-refractivity contribution is -0.696. The molecule has 1 aliphatic heterocycles. The van der Waals surface area contributed by atoms with Crippen molar-refractivity contribution >= 4 is 32.2 Å². The Morgan fingerprint density at radius 3 is 2.66 bits per heavy atom. The van der Waals surface area contributed by atoms with E-state index in [2.05, 4.69) is 91.5 Å². The molecule has 0 amide bonds. The van der Waals surface area contributed by atoms with Crippen LogP contribution in [0.25, 0.3) is 43.4 Å². The van der Waals surface area contributed by atoms with Gasteiger partial charge in [-0.3, -0.25) is 4.98 Å². The lowest BCUT2D eigenvalue weighted by Gasteiger charge is -2.27. The van der Waals surface area contributed by atoms with Crippen molar-refractivity contribution in [2.45, 2.75) is 38.8 Å². The van der Waals surface area contributed by atoms with E-state index in [1.54, 1.807) is 11.3 Å². The molecule has 3 aromatic heterocycles. The van der Waals surface area contributed by atoms with Gasteiger partial charge in [0.1, 0.15) is 6.10 Å². The van der Waals surface area contributed by atoms with Crippen molar-refractivity contribution in [3.05, 3.63) is 83.5 Å². The smallest absolute Gasteiger partial charge is 0.213 e. The summed E-state index contributed by atoms with van der Waals surface area (Å²) in [4.78, 5) is 4.72. The number of fused-ring (bicyclic) bond motifs is 6. The molecule has 1 N–H and O–H groups in total. The van der Waals surface area contributed by atoms with Crippen molar-refractivity contribution in [1.29, 1.82) is 0 Å². The average molecular weight is 438 g/mol. The van der Waals surface area contributed by atoms with Gasteiger partial charge in [0.15, 0.2) is 12.7 Å². The van der Waals surface area contributed by atoms with E-state index in [9.17, 15) is 5.11 Å². The van der Waals surface area contributed by atoms with Crippen molar-refractivity contribution in [2.75, 3.05) is 0 Å². The summed E-state index contributed by atoms with van der Waals surface area (Å²) in [7, 11) is 0. The molecule has 2 aromatic carbocycles. The zero-order valence-electron chi connectivity index (χ0n) is 18.5. The third-order valence-corrected chi connectivity index (χ3v) is 7.42. The summed E-state index contributed by atoms with van der Waals surface area (Å²) in [5, 5.41) is 16.8. The van der Waals surface area contributed by atoms with Crippen LogP contribution in [0.2, 0.25) is 0 Å². The maximum atomic E-state index is 11.1. The Morgan fingerprint density at radius 2 is 1.84 bits per heavy atom. The molecule has 6 rings (SSSR count). The summed E-state index contributed by atoms with van der Waals surface area (Å²) in [5.41, 5.74) is 6.65.